The molecule has 1 rings (SSSR count). The van der Waals surface area contributed by atoms with Crippen molar-refractivity contribution in [2.75, 3.05) is 18.4 Å². The standard InChI is InChI=1S/C14H27BrN2O/c1-4-14(5-2,9-15)10-17-8-12(13(16)18)7-6-11(17)3/h11-12H,4-10H2,1-3H3,(H2,16,18). The molecule has 4 heteroatoms. The smallest absolute Gasteiger partial charge is 0.221 e. The minimum Gasteiger partial charge on any atom is -0.369 e. The molecule has 106 valence electrons. The molecule has 1 aliphatic rings. The number of nitrogens with zero attached hydrogens (tertiary/aromatic N) is 1. The first kappa shape index (κ1) is 16.0. The number of carbonyl (C=O) groups is 1. The van der Waals surface area contributed by atoms with E-state index in [0.717, 1.165) is 31.3 Å². The molecule has 2 atom stereocenters. The highest BCUT2D eigenvalue weighted by molar-refractivity contribution is 9.09. The quantitative estimate of drug-likeness (QED) is 0.765. The van der Waals surface area contributed by atoms with Crippen molar-refractivity contribution in [3.05, 3.63) is 0 Å². The third-order valence-corrected chi connectivity index (χ3v) is 5.92. The maximum atomic E-state index is 11.4. The average molecular weight is 319 g/mol. The molecule has 18 heavy (non-hydrogen) atoms. The molecule has 0 radical (unpaired) electrons. The molecule has 0 aromatic rings. The van der Waals surface area contributed by atoms with Crippen LogP contribution in [-0.4, -0.2) is 35.3 Å². The minimum absolute atomic E-state index is 0.0444. The zero-order chi connectivity index (χ0) is 13.8. The summed E-state index contributed by atoms with van der Waals surface area (Å²) < 4.78 is 0. The minimum atomic E-state index is -0.135. The Morgan fingerprint density at radius 2 is 2.00 bits per heavy atom. The number of piperidine rings is 1. The largest absolute Gasteiger partial charge is 0.369 e. The summed E-state index contributed by atoms with van der Waals surface area (Å²) in [5.41, 5.74) is 5.79. The summed E-state index contributed by atoms with van der Waals surface area (Å²) in [6.45, 7) is 8.68. The molecule has 3 nitrogen and oxygen atoms in total. The summed E-state index contributed by atoms with van der Waals surface area (Å²) in [6, 6.07) is 0.567. The highest BCUT2D eigenvalue weighted by Crippen LogP contribution is 2.33. The zero-order valence-electron chi connectivity index (χ0n) is 11.9. The van der Waals surface area contributed by atoms with E-state index in [4.69, 9.17) is 5.73 Å². The molecule has 0 aromatic carbocycles. The summed E-state index contributed by atoms with van der Waals surface area (Å²) >= 11 is 3.67. The van der Waals surface area contributed by atoms with Gasteiger partial charge in [-0.1, -0.05) is 29.8 Å². The van der Waals surface area contributed by atoms with Gasteiger partial charge in [-0.2, -0.15) is 0 Å². The Hall–Kier alpha value is -0.0900. The van der Waals surface area contributed by atoms with Gasteiger partial charge in [-0.05, 0) is 38.0 Å². The van der Waals surface area contributed by atoms with Gasteiger partial charge < -0.3 is 5.73 Å². The van der Waals surface area contributed by atoms with E-state index in [2.05, 4.69) is 41.6 Å². The van der Waals surface area contributed by atoms with Crippen LogP contribution in [0.3, 0.4) is 0 Å². The molecule has 1 saturated heterocycles. The lowest BCUT2D eigenvalue weighted by atomic mass is 9.82. The molecule has 1 heterocycles. The maximum absolute atomic E-state index is 11.4. The van der Waals surface area contributed by atoms with Crippen molar-refractivity contribution < 1.29 is 4.79 Å². The zero-order valence-corrected chi connectivity index (χ0v) is 13.5. The van der Waals surface area contributed by atoms with E-state index in [0.29, 0.717) is 11.5 Å². The van der Waals surface area contributed by atoms with Gasteiger partial charge in [-0.3, -0.25) is 9.69 Å². The van der Waals surface area contributed by atoms with E-state index >= 15 is 0 Å². The van der Waals surface area contributed by atoms with Crippen molar-refractivity contribution in [2.24, 2.45) is 17.1 Å². The van der Waals surface area contributed by atoms with E-state index in [1.807, 2.05) is 0 Å². The van der Waals surface area contributed by atoms with Crippen LogP contribution in [0.1, 0.15) is 46.5 Å². The van der Waals surface area contributed by atoms with Gasteiger partial charge in [0, 0.05) is 24.5 Å². The third-order valence-electron chi connectivity index (χ3n) is 4.74. The van der Waals surface area contributed by atoms with Gasteiger partial charge in [0.15, 0.2) is 0 Å². The number of hydrogen-bond donors (Lipinski definition) is 1. The lowest BCUT2D eigenvalue weighted by Gasteiger charge is -2.43. The SMILES string of the molecule is CCC(CC)(CBr)CN1CC(C(N)=O)CCC1C. The van der Waals surface area contributed by atoms with Crippen LogP contribution in [0.5, 0.6) is 0 Å². The van der Waals surface area contributed by atoms with Crippen LogP contribution in [0.4, 0.5) is 0 Å². The molecule has 2 N–H and O–H groups in total. The van der Waals surface area contributed by atoms with Gasteiger partial charge in [0.05, 0.1) is 5.92 Å². The summed E-state index contributed by atoms with van der Waals surface area (Å²) in [4.78, 5) is 13.8. The molecule has 2 unspecified atom stereocenters. The monoisotopic (exact) mass is 318 g/mol. The van der Waals surface area contributed by atoms with E-state index in [1.165, 1.54) is 12.8 Å². The lowest BCUT2D eigenvalue weighted by Crippen LogP contribution is -2.50. The Morgan fingerprint density at radius 3 is 2.44 bits per heavy atom. The van der Waals surface area contributed by atoms with Crippen molar-refractivity contribution >= 4 is 21.8 Å². The molecule has 0 spiro atoms. The fraction of sp³-hybridized carbons (Fsp3) is 0.929. The number of nitrogens with two attached hydrogens (primary N) is 1. The van der Waals surface area contributed by atoms with Crippen molar-refractivity contribution in [1.82, 2.24) is 4.90 Å². The van der Waals surface area contributed by atoms with E-state index in [9.17, 15) is 4.79 Å². The lowest BCUT2D eigenvalue weighted by molar-refractivity contribution is -0.124. The number of primary amides is 1. The first-order chi connectivity index (χ1) is 8.48. The summed E-state index contributed by atoms with van der Waals surface area (Å²) in [6.07, 6.45) is 4.37. The predicted molar refractivity (Wildman–Crippen MR) is 79.8 cm³/mol. The molecule has 0 aliphatic carbocycles. The highest BCUT2D eigenvalue weighted by Gasteiger charge is 2.34. The van der Waals surface area contributed by atoms with Crippen molar-refractivity contribution in [3.63, 3.8) is 0 Å². The van der Waals surface area contributed by atoms with E-state index < -0.39 is 0 Å². The number of carbonyl (C=O) groups excluding carboxylic acids is 1. The molecule has 1 amide bonds. The second kappa shape index (κ2) is 6.90. The number of hydrogen-bond acceptors (Lipinski definition) is 2. The summed E-state index contributed by atoms with van der Waals surface area (Å²) in [5.74, 6) is -0.0905. The van der Waals surface area contributed by atoms with Crippen LogP contribution < -0.4 is 5.73 Å². The Kier molecular flexibility index (Phi) is 6.12. The van der Waals surface area contributed by atoms with Gasteiger partial charge in [0.2, 0.25) is 5.91 Å². The molecule has 1 aliphatic heterocycles. The third kappa shape index (κ3) is 3.70. The van der Waals surface area contributed by atoms with Gasteiger partial charge in [-0.15, -0.1) is 0 Å². The van der Waals surface area contributed by atoms with Crippen molar-refractivity contribution in [2.45, 2.75) is 52.5 Å². The molecule has 1 fully saturated rings. The van der Waals surface area contributed by atoms with Gasteiger partial charge in [-0.25, -0.2) is 0 Å². The van der Waals surface area contributed by atoms with Crippen LogP contribution in [-0.2, 0) is 4.79 Å². The topological polar surface area (TPSA) is 46.3 Å². The van der Waals surface area contributed by atoms with Gasteiger partial charge in [0.25, 0.3) is 0 Å². The normalized spacial score (nSPS) is 26.2. The molecular weight excluding hydrogens is 292 g/mol. The first-order valence-electron chi connectivity index (χ1n) is 7.07. The molecule has 0 aromatic heterocycles. The van der Waals surface area contributed by atoms with Crippen molar-refractivity contribution in [1.29, 1.82) is 0 Å². The summed E-state index contributed by atoms with van der Waals surface area (Å²) in [7, 11) is 0. The van der Waals surface area contributed by atoms with Crippen molar-refractivity contribution in [3.8, 4) is 0 Å². The molecular formula is C14H27BrN2O. The van der Waals surface area contributed by atoms with E-state index in [-0.39, 0.29) is 11.8 Å². The van der Waals surface area contributed by atoms with Crippen LogP contribution in [0.25, 0.3) is 0 Å². The Labute approximate surface area is 120 Å². The molecule has 0 bridgehead atoms. The number of halogens is 1. The van der Waals surface area contributed by atoms with Gasteiger partial charge >= 0.3 is 0 Å². The Morgan fingerprint density at radius 1 is 1.39 bits per heavy atom. The number of alkyl halides is 1. The van der Waals surface area contributed by atoms with Crippen LogP contribution in [0.15, 0.2) is 0 Å². The summed E-state index contributed by atoms with van der Waals surface area (Å²) in [5, 5.41) is 1.03. The van der Waals surface area contributed by atoms with E-state index in [1.54, 1.807) is 0 Å². The van der Waals surface area contributed by atoms with Crippen LogP contribution >= 0.6 is 15.9 Å². The number of amides is 1. The predicted octanol–water partition coefficient (Wildman–Crippen LogP) is 2.77. The van der Waals surface area contributed by atoms with Crippen LogP contribution in [0, 0.1) is 11.3 Å². The highest BCUT2D eigenvalue weighted by atomic mass is 79.9. The van der Waals surface area contributed by atoms with Crippen LogP contribution in [0.2, 0.25) is 0 Å². The number of likely N-dealkylation sites (tertiary alicyclic amines) is 1. The second-order valence-electron chi connectivity index (χ2n) is 5.80. The second-order valence-corrected chi connectivity index (χ2v) is 6.36. The average Bonchev–Trinajstić information content (AvgIpc) is 2.38. The Balaban J connectivity index is 2.70. The maximum Gasteiger partial charge on any atom is 0.221 e. The first-order valence-corrected chi connectivity index (χ1v) is 8.19. The number of rotatable bonds is 6. The Bertz CT molecular complexity index is 271. The fourth-order valence-corrected chi connectivity index (χ4v) is 3.74. The fourth-order valence-electron chi connectivity index (χ4n) is 2.77. The molecule has 0 saturated carbocycles. The van der Waals surface area contributed by atoms with Gasteiger partial charge in [0.1, 0.15) is 0 Å².